The van der Waals surface area contributed by atoms with E-state index in [0.717, 1.165) is 57.6 Å². The number of aliphatic imine (C=N–C) groups is 1. The summed E-state index contributed by atoms with van der Waals surface area (Å²) in [5.41, 5.74) is 1.27. The predicted octanol–water partition coefficient (Wildman–Crippen LogP) is 2.25. The summed E-state index contributed by atoms with van der Waals surface area (Å²) in [7, 11) is 1.73. The fourth-order valence-electron chi connectivity index (χ4n) is 5.07. The second-order valence-electron chi connectivity index (χ2n) is 8.88. The second kappa shape index (κ2) is 11.2. The quantitative estimate of drug-likeness (QED) is 0.488. The van der Waals surface area contributed by atoms with Gasteiger partial charge in [0.1, 0.15) is 5.75 Å². The monoisotopic (exact) mass is 429 g/mol. The van der Waals surface area contributed by atoms with Gasteiger partial charge >= 0.3 is 0 Å². The van der Waals surface area contributed by atoms with Crippen LogP contribution in [0.2, 0.25) is 0 Å². The lowest BCUT2D eigenvalue weighted by Crippen LogP contribution is -2.51. The summed E-state index contributed by atoms with van der Waals surface area (Å²) in [6.45, 7) is 9.86. The third-order valence-electron chi connectivity index (χ3n) is 6.79. The highest BCUT2D eigenvalue weighted by atomic mass is 16.5. The smallest absolute Gasteiger partial charge is 0.191 e. The largest absolute Gasteiger partial charge is 0.497 e. The number of guanidine groups is 1. The van der Waals surface area contributed by atoms with Crippen molar-refractivity contribution >= 4 is 5.96 Å². The van der Waals surface area contributed by atoms with Gasteiger partial charge in [0.05, 0.1) is 32.4 Å². The summed E-state index contributed by atoms with van der Waals surface area (Å²) in [5, 5.41) is 6.95. The van der Waals surface area contributed by atoms with E-state index in [4.69, 9.17) is 14.5 Å². The van der Waals surface area contributed by atoms with E-state index in [1.165, 1.54) is 37.8 Å². The molecule has 0 spiro atoms. The molecular weight excluding hydrogens is 390 g/mol. The van der Waals surface area contributed by atoms with E-state index >= 15 is 0 Å². The number of hydrogen-bond donors (Lipinski definition) is 2. The standard InChI is InChI=1S/C24H39N5O2/c1-3-25-24(26-15-22-17-29-13-7-9-20(29)18-31-22)27-16-23(28-11-4-5-12-28)19-8-6-10-21(14-19)30-2/h6,8,10,14,20,22-23H,3-5,7,9,11-13,15-18H2,1-2H3,(H2,25,26,27). The van der Waals surface area contributed by atoms with Gasteiger partial charge in [0.2, 0.25) is 0 Å². The van der Waals surface area contributed by atoms with Gasteiger partial charge in [-0.25, -0.2) is 0 Å². The topological polar surface area (TPSA) is 61.4 Å². The average molecular weight is 430 g/mol. The van der Waals surface area contributed by atoms with E-state index in [1.807, 2.05) is 6.07 Å². The maximum absolute atomic E-state index is 6.11. The van der Waals surface area contributed by atoms with Crippen LogP contribution in [0.1, 0.15) is 44.2 Å². The zero-order valence-electron chi connectivity index (χ0n) is 19.2. The second-order valence-corrected chi connectivity index (χ2v) is 8.88. The first-order valence-electron chi connectivity index (χ1n) is 12.0. The lowest BCUT2D eigenvalue weighted by Gasteiger charge is -2.35. The van der Waals surface area contributed by atoms with Gasteiger partial charge in [-0.15, -0.1) is 0 Å². The number of benzene rings is 1. The molecule has 3 atom stereocenters. The van der Waals surface area contributed by atoms with Gasteiger partial charge < -0.3 is 20.1 Å². The van der Waals surface area contributed by atoms with Gasteiger partial charge in [-0.1, -0.05) is 12.1 Å². The first kappa shape index (κ1) is 22.4. The van der Waals surface area contributed by atoms with Crippen LogP contribution in [-0.2, 0) is 4.74 Å². The number of fused-ring (bicyclic) bond motifs is 1. The van der Waals surface area contributed by atoms with Gasteiger partial charge in [-0.3, -0.25) is 14.8 Å². The molecule has 3 aliphatic heterocycles. The van der Waals surface area contributed by atoms with Crippen molar-refractivity contribution < 1.29 is 9.47 Å². The first-order valence-corrected chi connectivity index (χ1v) is 12.0. The van der Waals surface area contributed by atoms with E-state index < -0.39 is 0 Å². The molecule has 1 aromatic rings. The fourth-order valence-corrected chi connectivity index (χ4v) is 5.07. The van der Waals surface area contributed by atoms with Crippen LogP contribution in [0.15, 0.2) is 29.3 Å². The number of ether oxygens (including phenoxy) is 2. The number of hydrogen-bond acceptors (Lipinski definition) is 5. The SMILES string of the molecule is CCNC(=NCC(c1cccc(OC)c1)N1CCCC1)NCC1CN2CCCC2CO1. The summed E-state index contributed by atoms with van der Waals surface area (Å²) in [6, 6.07) is 9.35. The van der Waals surface area contributed by atoms with Crippen LogP contribution < -0.4 is 15.4 Å². The molecule has 3 aliphatic rings. The minimum absolute atomic E-state index is 0.228. The first-order chi connectivity index (χ1) is 15.3. The molecule has 3 heterocycles. The molecule has 172 valence electrons. The van der Waals surface area contributed by atoms with E-state index in [1.54, 1.807) is 7.11 Å². The number of nitrogens with zero attached hydrogens (tertiary/aromatic N) is 3. The number of methoxy groups -OCH3 is 1. The number of nitrogens with one attached hydrogen (secondary N) is 2. The molecule has 3 fully saturated rings. The Morgan fingerprint density at radius 3 is 2.90 bits per heavy atom. The summed E-state index contributed by atoms with van der Waals surface area (Å²) in [6.07, 6.45) is 5.34. The van der Waals surface area contributed by atoms with Crippen molar-refractivity contribution in [3.63, 3.8) is 0 Å². The molecule has 0 aliphatic carbocycles. The van der Waals surface area contributed by atoms with Gasteiger partial charge in [-0.2, -0.15) is 0 Å². The summed E-state index contributed by atoms with van der Waals surface area (Å²) in [5.74, 6) is 1.78. The molecule has 3 saturated heterocycles. The molecule has 0 amide bonds. The molecule has 0 saturated carbocycles. The van der Waals surface area contributed by atoms with Gasteiger partial charge in [0.15, 0.2) is 5.96 Å². The number of likely N-dealkylation sites (tertiary alicyclic amines) is 1. The van der Waals surface area contributed by atoms with Gasteiger partial charge in [0, 0.05) is 25.7 Å². The van der Waals surface area contributed by atoms with Gasteiger partial charge in [0.25, 0.3) is 0 Å². The minimum atomic E-state index is 0.228. The maximum Gasteiger partial charge on any atom is 0.191 e. The predicted molar refractivity (Wildman–Crippen MR) is 125 cm³/mol. The third-order valence-corrected chi connectivity index (χ3v) is 6.79. The molecule has 2 N–H and O–H groups in total. The molecule has 0 bridgehead atoms. The number of rotatable bonds is 8. The Bertz CT molecular complexity index is 722. The van der Waals surface area contributed by atoms with E-state index in [2.05, 4.69) is 45.6 Å². The molecule has 0 aromatic heterocycles. The third kappa shape index (κ3) is 5.90. The van der Waals surface area contributed by atoms with E-state index in [-0.39, 0.29) is 12.1 Å². The van der Waals surface area contributed by atoms with Crippen LogP contribution in [0.3, 0.4) is 0 Å². The van der Waals surface area contributed by atoms with Crippen molar-refractivity contribution in [2.45, 2.75) is 50.8 Å². The highest BCUT2D eigenvalue weighted by Gasteiger charge is 2.32. The summed E-state index contributed by atoms with van der Waals surface area (Å²) in [4.78, 5) is 10.1. The number of morpholine rings is 1. The molecule has 3 unspecified atom stereocenters. The highest BCUT2D eigenvalue weighted by Crippen LogP contribution is 2.28. The maximum atomic E-state index is 6.11. The molecule has 31 heavy (non-hydrogen) atoms. The normalized spacial score (nSPS) is 25.9. The Morgan fingerprint density at radius 1 is 1.23 bits per heavy atom. The minimum Gasteiger partial charge on any atom is -0.497 e. The molecule has 7 heteroatoms. The van der Waals surface area contributed by atoms with Crippen molar-refractivity contribution in [2.75, 3.05) is 59.5 Å². The lowest BCUT2D eigenvalue weighted by molar-refractivity contribution is -0.0453. The Morgan fingerprint density at radius 2 is 2.10 bits per heavy atom. The Kier molecular flexibility index (Phi) is 8.05. The zero-order chi connectivity index (χ0) is 21.5. The summed E-state index contributed by atoms with van der Waals surface area (Å²) < 4.78 is 11.6. The van der Waals surface area contributed by atoms with E-state index in [9.17, 15) is 0 Å². The Hall–Kier alpha value is -1.83. The van der Waals surface area contributed by atoms with Gasteiger partial charge in [-0.05, 0) is 69.9 Å². The lowest BCUT2D eigenvalue weighted by atomic mass is 10.1. The summed E-state index contributed by atoms with van der Waals surface area (Å²) >= 11 is 0. The molecule has 0 radical (unpaired) electrons. The van der Waals surface area contributed by atoms with Crippen LogP contribution in [-0.4, -0.2) is 87.4 Å². The van der Waals surface area contributed by atoms with E-state index in [0.29, 0.717) is 6.04 Å². The Balaban J connectivity index is 1.39. The average Bonchev–Trinajstić information content (AvgIpc) is 3.49. The van der Waals surface area contributed by atoms with Crippen LogP contribution in [0, 0.1) is 0 Å². The molecule has 7 nitrogen and oxygen atoms in total. The van der Waals surface area contributed by atoms with Crippen molar-refractivity contribution in [1.82, 2.24) is 20.4 Å². The van der Waals surface area contributed by atoms with Crippen LogP contribution in [0.4, 0.5) is 0 Å². The van der Waals surface area contributed by atoms with Crippen LogP contribution in [0.5, 0.6) is 5.75 Å². The van der Waals surface area contributed by atoms with Crippen molar-refractivity contribution in [3.8, 4) is 5.75 Å². The molecule has 4 rings (SSSR count). The zero-order valence-corrected chi connectivity index (χ0v) is 19.2. The highest BCUT2D eigenvalue weighted by molar-refractivity contribution is 5.79. The fraction of sp³-hybridized carbons (Fsp3) is 0.708. The Labute approximate surface area is 187 Å². The van der Waals surface area contributed by atoms with Crippen LogP contribution in [0.25, 0.3) is 0 Å². The molecular formula is C24H39N5O2. The van der Waals surface area contributed by atoms with Crippen LogP contribution >= 0.6 is 0 Å². The van der Waals surface area contributed by atoms with Crippen molar-refractivity contribution in [3.05, 3.63) is 29.8 Å². The molecule has 1 aromatic carbocycles. The van der Waals surface area contributed by atoms with Crippen molar-refractivity contribution in [1.29, 1.82) is 0 Å². The van der Waals surface area contributed by atoms with Crippen molar-refractivity contribution in [2.24, 2.45) is 4.99 Å².